The Morgan fingerprint density at radius 3 is 2.85 bits per heavy atom. The largest absolute Gasteiger partial charge is 0.508 e. The van der Waals surface area contributed by atoms with Gasteiger partial charge in [0.1, 0.15) is 5.75 Å². The molecule has 2 aromatic carbocycles. The van der Waals surface area contributed by atoms with E-state index < -0.39 is 0 Å². The van der Waals surface area contributed by atoms with E-state index in [4.69, 9.17) is 0 Å². The fourth-order valence-corrected chi connectivity index (χ4v) is 3.72. The van der Waals surface area contributed by atoms with Gasteiger partial charge in [0.05, 0.1) is 0 Å². The molecule has 1 aliphatic heterocycles. The summed E-state index contributed by atoms with van der Waals surface area (Å²) in [7, 11) is 0. The Bertz CT molecular complexity index is 759. The van der Waals surface area contributed by atoms with Gasteiger partial charge in [0.2, 0.25) is 0 Å². The number of phenolic OH excluding ortho intramolecular Hbond substituents is 1. The molecule has 2 atom stereocenters. The molecule has 2 amide bonds. The lowest BCUT2D eigenvalue weighted by Gasteiger charge is -2.21. The summed E-state index contributed by atoms with van der Waals surface area (Å²) in [5, 5.41) is 13.1. The fraction of sp³-hybridized carbons (Fsp3) is 0.409. The number of aromatic hydroxyl groups is 1. The third-order valence-corrected chi connectivity index (χ3v) is 5.07. The minimum Gasteiger partial charge on any atom is -0.508 e. The summed E-state index contributed by atoms with van der Waals surface area (Å²) in [4.78, 5) is 14.4. The first-order valence-electron chi connectivity index (χ1n) is 9.39. The molecule has 4 nitrogen and oxygen atoms in total. The molecule has 138 valence electrons. The number of amides is 2. The van der Waals surface area contributed by atoms with Crippen molar-refractivity contribution in [2.24, 2.45) is 5.92 Å². The van der Waals surface area contributed by atoms with Crippen LogP contribution in [0.4, 0.5) is 4.79 Å². The van der Waals surface area contributed by atoms with Crippen molar-refractivity contribution < 1.29 is 9.90 Å². The van der Waals surface area contributed by atoms with Gasteiger partial charge in [-0.3, -0.25) is 0 Å². The van der Waals surface area contributed by atoms with Crippen LogP contribution in [0, 0.1) is 12.8 Å². The minimum atomic E-state index is 0.0185. The SMILES string of the molecule is Cc1cccc(CC(C)NC(=O)N2CCC(Cc3ccccc3O)C2)c1. The van der Waals surface area contributed by atoms with Crippen molar-refractivity contribution in [1.29, 1.82) is 0 Å². The summed E-state index contributed by atoms with van der Waals surface area (Å²) in [6, 6.07) is 16.0. The fourth-order valence-electron chi connectivity index (χ4n) is 3.72. The topological polar surface area (TPSA) is 52.6 Å². The van der Waals surface area contributed by atoms with Gasteiger partial charge in [-0.25, -0.2) is 4.79 Å². The van der Waals surface area contributed by atoms with Crippen LogP contribution in [0.15, 0.2) is 48.5 Å². The maximum absolute atomic E-state index is 12.5. The number of rotatable bonds is 5. The molecule has 1 saturated heterocycles. The standard InChI is InChI=1S/C22H28N2O2/c1-16-6-5-7-18(12-16)13-17(2)23-22(26)24-11-10-19(15-24)14-20-8-3-4-9-21(20)25/h3-9,12,17,19,25H,10-11,13-15H2,1-2H3,(H,23,26). The summed E-state index contributed by atoms with van der Waals surface area (Å²) >= 11 is 0. The smallest absolute Gasteiger partial charge is 0.317 e. The zero-order valence-corrected chi connectivity index (χ0v) is 15.6. The first kappa shape index (κ1) is 18.3. The van der Waals surface area contributed by atoms with Crippen molar-refractivity contribution >= 4 is 6.03 Å². The van der Waals surface area contributed by atoms with Crippen molar-refractivity contribution in [2.45, 2.75) is 39.2 Å². The van der Waals surface area contributed by atoms with Crippen LogP contribution in [0.1, 0.15) is 30.0 Å². The van der Waals surface area contributed by atoms with E-state index in [1.807, 2.05) is 23.1 Å². The number of urea groups is 1. The molecule has 1 aliphatic rings. The van der Waals surface area contributed by atoms with E-state index in [1.165, 1.54) is 11.1 Å². The van der Waals surface area contributed by atoms with Crippen molar-refractivity contribution in [2.75, 3.05) is 13.1 Å². The molecule has 0 aromatic heterocycles. The number of para-hydroxylation sites is 1. The monoisotopic (exact) mass is 352 g/mol. The van der Waals surface area contributed by atoms with Crippen LogP contribution in [0.5, 0.6) is 5.75 Å². The van der Waals surface area contributed by atoms with Crippen LogP contribution in [-0.4, -0.2) is 35.2 Å². The highest BCUT2D eigenvalue weighted by molar-refractivity contribution is 5.74. The number of likely N-dealkylation sites (tertiary alicyclic amines) is 1. The molecule has 2 unspecified atom stereocenters. The molecule has 0 bridgehead atoms. The van der Waals surface area contributed by atoms with Gasteiger partial charge < -0.3 is 15.3 Å². The lowest BCUT2D eigenvalue weighted by Crippen LogP contribution is -2.43. The molecule has 2 N–H and O–H groups in total. The van der Waals surface area contributed by atoms with E-state index in [9.17, 15) is 9.90 Å². The number of hydrogen-bond acceptors (Lipinski definition) is 2. The van der Waals surface area contributed by atoms with Crippen LogP contribution >= 0.6 is 0 Å². The van der Waals surface area contributed by atoms with Gasteiger partial charge in [0.25, 0.3) is 0 Å². The van der Waals surface area contributed by atoms with Crippen molar-refractivity contribution in [3.8, 4) is 5.75 Å². The van der Waals surface area contributed by atoms with Gasteiger partial charge in [-0.1, -0.05) is 48.0 Å². The van der Waals surface area contributed by atoms with Crippen LogP contribution in [-0.2, 0) is 12.8 Å². The van der Waals surface area contributed by atoms with E-state index in [0.717, 1.165) is 37.9 Å². The molecule has 3 rings (SSSR count). The molecule has 0 radical (unpaired) electrons. The Balaban J connectivity index is 1.49. The van der Waals surface area contributed by atoms with Crippen LogP contribution in [0.25, 0.3) is 0 Å². The Labute approximate surface area is 155 Å². The highest BCUT2D eigenvalue weighted by Gasteiger charge is 2.27. The number of carbonyl (C=O) groups is 1. The van der Waals surface area contributed by atoms with E-state index >= 15 is 0 Å². The van der Waals surface area contributed by atoms with Gasteiger partial charge in [-0.2, -0.15) is 0 Å². The molecule has 1 heterocycles. The van der Waals surface area contributed by atoms with Gasteiger partial charge in [-0.05, 0) is 56.2 Å². The lowest BCUT2D eigenvalue weighted by molar-refractivity contribution is 0.203. The number of nitrogens with one attached hydrogen (secondary N) is 1. The van der Waals surface area contributed by atoms with E-state index in [1.54, 1.807) is 6.07 Å². The third kappa shape index (κ3) is 4.78. The summed E-state index contributed by atoms with van der Waals surface area (Å²) in [5.74, 6) is 0.753. The third-order valence-electron chi connectivity index (χ3n) is 5.07. The second kappa shape index (κ2) is 8.26. The first-order valence-corrected chi connectivity index (χ1v) is 9.39. The highest BCUT2D eigenvalue weighted by Crippen LogP contribution is 2.25. The Morgan fingerprint density at radius 2 is 2.08 bits per heavy atom. The number of nitrogens with zero attached hydrogens (tertiary/aromatic N) is 1. The maximum atomic E-state index is 12.5. The number of phenols is 1. The molecule has 26 heavy (non-hydrogen) atoms. The summed E-state index contributed by atoms with van der Waals surface area (Å²) in [6.45, 7) is 5.66. The van der Waals surface area contributed by atoms with Crippen LogP contribution in [0.3, 0.4) is 0 Å². The normalized spacial score (nSPS) is 17.9. The van der Waals surface area contributed by atoms with E-state index in [-0.39, 0.29) is 12.1 Å². The summed E-state index contributed by atoms with van der Waals surface area (Å²) < 4.78 is 0. The predicted octanol–water partition coefficient (Wildman–Crippen LogP) is 3.91. The Morgan fingerprint density at radius 1 is 1.27 bits per heavy atom. The highest BCUT2D eigenvalue weighted by atomic mass is 16.3. The summed E-state index contributed by atoms with van der Waals surface area (Å²) in [6.07, 6.45) is 2.63. The zero-order chi connectivity index (χ0) is 18.5. The Kier molecular flexibility index (Phi) is 5.82. The van der Waals surface area contributed by atoms with Crippen molar-refractivity contribution in [3.05, 3.63) is 65.2 Å². The number of aryl methyl sites for hydroxylation is 1. The molecular formula is C22H28N2O2. The first-order chi connectivity index (χ1) is 12.5. The molecule has 0 spiro atoms. The molecule has 2 aromatic rings. The lowest BCUT2D eigenvalue weighted by atomic mass is 9.98. The molecule has 0 saturated carbocycles. The average Bonchev–Trinajstić information content (AvgIpc) is 3.05. The average molecular weight is 352 g/mol. The van der Waals surface area contributed by atoms with Gasteiger partial charge in [0.15, 0.2) is 0 Å². The Hall–Kier alpha value is -2.49. The second-order valence-corrected chi connectivity index (χ2v) is 7.48. The van der Waals surface area contributed by atoms with Gasteiger partial charge in [-0.15, -0.1) is 0 Å². The molecular weight excluding hydrogens is 324 g/mol. The molecule has 0 aliphatic carbocycles. The zero-order valence-electron chi connectivity index (χ0n) is 15.6. The maximum Gasteiger partial charge on any atom is 0.317 e. The van der Waals surface area contributed by atoms with Crippen molar-refractivity contribution in [3.63, 3.8) is 0 Å². The van der Waals surface area contributed by atoms with E-state index in [0.29, 0.717) is 11.7 Å². The van der Waals surface area contributed by atoms with Gasteiger partial charge >= 0.3 is 6.03 Å². The van der Waals surface area contributed by atoms with Crippen LogP contribution in [0.2, 0.25) is 0 Å². The number of hydrogen-bond donors (Lipinski definition) is 2. The minimum absolute atomic E-state index is 0.0185. The number of carbonyl (C=O) groups excluding carboxylic acids is 1. The molecule has 1 fully saturated rings. The van der Waals surface area contributed by atoms with Crippen molar-refractivity contribution in [1.82, 2.24) is 10.2 Å². The quantitative estimate of drug-likeness (QED) is 0.857. The summed E-state index contributed by atoms with van der Waals surface area (Å²) in [5.41, 5.74) is 3.46. The van der Waals surface area contributed by atoms with Gasteiger partial charge in [0, 0.05) is 19.1 Å². The second-order valence-electron chi connectivity index (χ2n) is 7.48. The van der Waals surface area contributed by atoms with Crippen LogP contribution < -0.4 is 5.32 Å². The number of benzene rings is 2. The van der Waals surface area contributed by atoms with E-state index in [2.05, 4.69) is 43.4 Å². The predicted molar refractivity (Wildman–Crippen MR) is 104 cm³/mol. The molecule has 4 heteroatoms.